The van der Waals surface area contributed by atoms with Gasteiger partial charge in [-0.2, -0.15) is 0 Å². The van der Waals surface area contributed by atoms with Gasteiger partial charge in [0.2, 0.25) is 6.79 Å². The van der Waals surface area contributed by atoms with Gasteiger partial charge < -0.3 is 14.4 Å². The molecule has 0 spiro atoms. The number of hydrogen-bond acceptors (Lipinski definition) is 5. The van der Waals surface area contributed by atoms with E-state index in [1.54, 1.807) is 0 Å². The largest absolute Gasteiger partial charge is 0.454 e. The summed E-state index contributed by atoms with van der Waals surface area (Å²) in [7, 11) is 0. The molecule has 0 saturated carbocycles. The van der Waals surface area contributed by atoms with Gasteiger partial charge in [0.05, 0.1) is 0 Å². The third kappa shape index (κ3) is 4.99. The smallest absolute Gasteiger partial charge is 0.231 e. The van der Waals surface area contributed by atoms with Gasteiger partial charge in [-0.25, -0.2) is 0 Å². The van der Waals surface area contributed by atoms with Crippen molar-refractivity contribution in [1.29, 1.82) is 0 Å². The molecule has 0 amide bonds. The molecule has 2 aromatic rings. The number of nitrogens with zero attached hydrogens (tertiary/aromatic N) is 3. The molecule has 1 fully saturated rings. The van der Waals surface area contributed by atoms with Crippen LogP contribution in [0.25, 0.3) is 0 Å². The zero-order chi connectivity index (χ0) is 18.5. The van der Waals surface area contributed by atoms with E-state index in [-0.39, 0.29) is 0 Å². The van der Waals surface area contributed by atoms with Gasteiger partial charge in [0.1, 0.15) is 0 Å². The van der Waals surface area contributed by atoms with Crippen LogP contribution in [0.2, 0.25) is 0 Å². The van der Waals surface area contributed by atoms with E-state index in [1.165, 1.54) is 30.6 Å². The van der Waals surface area contributed by atoms with Crippen LogP contribution in [0.15, 0.2) is 42.7 Å². The molecular formula is C22H29N3O2. The minimum absolute atomic E-state index is 0.345. The van der Waals surface area contributed by atoms with Crippen LogP contribution in [0.5, 0.6) is 11.5 Å². The molecule has 0 radical (unpaired) electrons. The number of fused-ring (bicyclic) bond motifs is 1. The Morgan fingerprint density at radius 3 is 2.74 bits per heavy atom. The van der Waals surface area contributed by atoms with Crippen LogP contribution >= 0.6 is 0 Å². The van der Waals surface area contributed by atoms with Crippen LogP contribution in [-0.4, -0.2) is 54.3 Å². The van der Waals surface area contributed by atoms with E-state index in [1.807, 2.05) is 24.5 Å². The number of ether oxygens (including phenoxy) is 2. The number of pyridine rings is 1. The second-order valence-electron chi connectivity index (χ2n) is 7.79. The van der Waals surface area contributed by atoms with E-state index in [4.69, 9.17) is 9.47 Å². The van der Waals surface area contributed by atoms with E-state index >= 15 is 0 Å². The Balaban J connectivity index is 1.25. The maximum Gasteiger partial charge on any atom is 0.231 e. The Morgan fingerprint density at radius 2 is 1.85 bits per heavy atom. The molecule has 1 aromatic carbocycles. The first kappa shape index (κ1) is 18.3. The molecule has 5 heteroatoms. The van der Waals surface area contributed by atoms with E-state index in [0.29, 0.717) is 12.7 Å². The molecule has 4 rings (SSSR count). The summed E-state index contributed by atoms with van der Waals surface area (Å²) < 4.78 is 10.9. The van der Waals surface area contributed by atoms with Crippen molar-refractivity contribution in [2.45, 2.75) is 26.3 Å². The fraction of sp³-hybridized carbons (Fsp3) is 0.500. The molecular weight excluding hydrogens is 338 g/mol. The van der Waals surface area contributed by atoms with Crippen LogP contribution in [0.3, 0.4) is 0 Å². The van der Waals surface area contributed by atoms with Crippen LogP contribution in [-0.2, 0) is 13.0 Å². The average molecular weight is 367 g/mol. The highest BCUT2D eigenvalue weighted by Gasteiger charge is 2.18. The van der Waals surface area contributed by atoms with Crippen molar-refractivity contribution in [2.24, 2.45) is 5.92 Å². The standard InChI is InChI=1S/C22H29N3O2/c1-18(12-19-5-6-21-22(13-19)27-17-26-21)15-24-8-3-9-25(11-10-24)16-20-4-2-7-23-14-20/h2,4-7,13-14,18H,3,8-12,15-17H2,1H3. The first-order chi connectivity index (χ1) is 13.3. The van der Waals surface area contributed by atoms with Crippen molar-refractivity contribution in [3.05, 3.63) is 53.9 Å². The third-order valence-electron chi connectivity index (χ3n) is 5.40. The Hall–Kier alpha value is -2.11. The Labute approximate surface area is 161 Å². The normalized spacial score (nSPS) is 19.0. The molecule has 144 valence electrons. The Bertz CT molecular complexity index is 738. The summed E-state index contributed by atoms with van der Waals surface area (Å²) in [6.45, 7) is 9.48. The first-order valence-corrected chi connectivity index (χ1v) is 9.98. The van der Waals surface area contributed by atoms with Gasteiger partial charge in [0.15, 0.2) is 11.5 Å². The molecule has 27 heavy (non-hydrogen) atoms. The molecule has 3 heterocycles. The molecule has 5 nitrogen and oxygen atoms in total. The Kier molecular flexibility index (Phi) is 5.90. The van der Waals surface area contributed by atoms with E-state index in [2.05, 4.69) is 39.9 Å². The van der Waals surface area contributed by atoms with Gasteiger partial charge in [-0.3, -0.25) is 9.88 Å². The SMILES string of the molecule is CC(Cc1ccc2c(c1)OCO2)CN1CCCN(Cc2cccnc2)CC1. The zero-order valence-electron chi connectivity index (χ0n) is 16.1. The fourth-order valence-electron chi connectivity index (χ4n) is 4.09. The first-order valence-electron chi connectivity index (χ1n) is 9.98. The Morgan fingerprint density at radius 1 is 1.00 bits per heavy atom. The van der Waals surface area contributed by atoms with Crippen molar-refractivity contribution >= 4 is 0 Å². The predicted molar refractivity (Wildman–Crippen MR) is 106 cm³/mol. The maximum atomic E-state index is 5.51. The lowest BCUT2D eigenvalue weighted by molar-refractivity contribution is 0.174. The molecule has 0 aliphatic carbocycles. The molecule has 1 aromatic heterocycles. The molecule has 1 atom stereocenters. The summed E-state index contributed by atoms with van der Waals surface area (Å²) >= 11 is 0. The maximum absolute atomic E-state index is 5.51. The van der Waals surface area contributed by atoms with Crippen molar-refractivity contribution < 1.29 is 9.47 Å². The van der Waals surface area contributed by atoms with E-state index in [9.17, 15) is 0 Å². The van der Waals surface area contributed by atoms with Gasteiger partial charge in [-0.1, -0.05) is 19.1 Å². The highest BCUT2D eigenvalue weighted by atomic mass is 16.7. The number of benzene rings is 1. The van der Waals surface area contributed by atoms with Crippen LogP contribution < -0.4 is 9.47 Å². The zero-order valence-corrected chi connectivity index (χ0v) is 16.1. The lowest BCUT2D eigenvalue weighted by Crippen LogP contribution is -2.33. The van der Waals surface area contributed by atoms with Crippen molar-refractivity contribution in [1.82, 2.24) is 14.8 Å². The van der Waals surface area contributed by atoms with Crippen molar-refractivity contribution in [2.75, 3.05) is 39.5 Å². The summed E-state index contributed by atoms with van der Waals surface area (Å²) in [5, 5.41) is 0. The molecule has 0 bridgehead atoms. The summed E-state index contributed by atoms with van der Waals surface area (Å²) in [5.74, 6) is 2.38. The predicted octanol–water partition coefficient (Wildman–Crippen LogP) is 3.20. The topological polar surface area (TPSA) is 37.8 Å². The number of aromatic nitrogens is 1. The molecule has 1 unspecified atom stereocenters. The van der Waals surface area contributed by atoms with Crippen molar-refractivity contribution in [3.8, 4) is 11.5 Å². The number of hydrogen-bond donors (Lipinski definition) is 0. The van der Waals surface area contributed by atoms with Gasteiger partial charge in [0.25, 0.3) is 0 Å². The van der Waals surface area contributed by atoms with Crippen LogP contribution in [0.4, 0.5) is 0 Å². The summed E-state index contributed by atoms with van der Waals surface area (Å²) in [6, 6.07) is 10.5. The number of rotatable bonds is 6. The van der Waals surface area contributed by atoms with Crippen molar-refractivity contribution in [3.63, 3.8) is 0 Å². The highest BCUT2D eigenvalue weighted by Crippen LogP contribution is 2.33. The quantitative estimate of drug-likeness (QED) is 0.784. The van der Waals surface area contributed by atoms with Gasteiger partial charge in [-0.15, -0.1) is 0 Å². The van der Waals surface area contributed by atoms with Crippen LogP contribution in [0, 0.1) is 5.92 Å². The second-order valence-corrected chi connectivity index (χ2v) is 7.79. The van der Waals surface area contributed by atoms with Gasteiger partial charge in [0, 0.05) is 38.6 Å². The molecule has 2 aliphatic heterocycles. The lowest BCUT2D eigenvalue weighted by atomic mass is 10.00. The van der Waals surface area contributed by atoms with E-state index in [0.717, 1.165) is 44.1 Å². The molecule has 2 aliphatic rings. The molecule has 1 saturated heterocycles. The van der Waals surface area contributed by atoms with E-state index < -0.39 is 0 Å². The van der Waals surface area contributed by atoms with Gasteiger partial charge in [-0.05, 0) is 61.2 Å². The second kappa shape index (κ2) is 8.72. The minimum Gasteiger partial charge on any atom is -0.454 e. The summed E-state index contributed by atoms with van der Waals surface area (Å²) in [6.07, 6.45) is 6.13. The lowest BCUT2D eigenvalue weighted by Gasteiger charge is -2.24. The fourth-order valence-corrected chi connectivity index (χ4v) is 4.09. The average Bonchev–Trinajstić information content (AvgIpc) is 3.03. The highest BCUT2D eigenvalue weighted by molar-refractivity contribution is 5.44. The molecule has 0 N–H and O–H groups in total. The summed E-state index contributed by atoms with van der Waals surface area (Å²) in [4.78, 5) is 9.42. The van der Waals surface area contributed by atoms with Crippen LogP contribution in [0.1, 0.15) is 24.5 Å². The third-order valence-corrected chi connectivity index (χ3v) is 5.40. The monoisotopic (exact) mass is 367 g/mol. The minimum atomic E-state index is 0.345. The summed E-state index contributed by atoms with van der Waals surface area (Å²) in [5.41, 5.74) is 2.64. The van der Waals surface area contributed by atoms with Gasteiger partial charge >= 0.3 is 0 Å².